The standard InChI is InChI=1S/C34H44ClFN4/c1-27(2)39-22-24-40(25-23-39)34(30-11-15-32(36)16-12-30)26-38-20-18-37(19-21-38)17-5-7-28-6-3-4-8-33(28)29-9-13-31(35)14-10-29/h3-4,6,8-16,27,34H,5,7,17-26H2,1-2H3. The third-order valence-electron chi connectivity index (χ3n) is 8.76. The first-order valence-electron chi connectivity index (χ1n) is 15.0. The minimum absolute atomic E-state index is 0.156. The molecule has 3 aromatic carbocycles. The summed E-state index contributed by atoms with van der Waals surface area (Å²) in [7, 11) is 0. The summed E-state index contributed by atoms with van der Waals surface area (Å²) in [5.41, 5.74) is 5.18. The van der Waals surface area contributed by atoms with Crippen LogP contribution < -0.4 is 0 Å². The van der Waals surface area contributed by atoms with Gasteiger partial charge in [-0.3, -0.25) is 14.7 Å². The summed E-state index contributed by atoms with van der Waals surface area (Å²) in [6.07, 6.45) is 2.23. The van der Waals surface area contributed by atoms with Crippen molar-refractivity contribution in [1.82, 2.24) is 19.6 Å². The van der Waals surface area contributed by atoms with E-state index in [2.05, 4.69) is 69.8 Å². The lowest BCUT2D eigenvalue weighted by Gasteiger charge is -2.43. The first kappa shape index (κ1) is 29.2. The molecule has 0 amide bonds. The molecule has 2 aliphatic rings. The molecule has 2 fully saturated rings. The van der Waals surface area contributed by atoms with E-state index in [0.29, 0.717) is 12.1 Å². The molecule has 40 heavy (non-hydrogen) atoms. The summed E-state index contributed by atoms with van der Waals surface area (Å²) in [6.45, 7) is 15.4. The highest BCUT2D eigenvalue weighted by Gasteiger charge is 2.29. The Bertz CT molecular complexity index is 1180. The van der Waals surface area contributed by atoms with Crippen LogP contribution in [0.2, 0.25) is 5.02 Å². The minimum atomic E-state index is -0.156. The summed E-state index contributed by atoms with van der Waals surface area (Å²) in [5, 5.41) is 0.776. The van der Waals surface area contributed by atoms with Gasteiger partial charge in [0.2, 0.25) is 0 Å². The Morgan fingerprint density at radius 1 is 0.725 bits per heavy atom. The zero-order valence-corrected chi connectivity index (χ0v) is 24.9. The number of rotatable bonds is 10. The largest absolute Gasteiger partial charge is 0.301 e. The Labute approximate surface area is 245 Å². The van der Waals surface area contributed by atoms with E-state index in [1.807, 2.05) is 24.3 Å². The van der Waals surface area contributed by atoms with Crippen molar-refractivity contribution in [2.24, 2.45) is 0 Å². The van der Waals surface area contributed by atoms with Crippen LogP contribution in [0, 0.1) is 5.82 Å². The molecule has 0 aromatic heterocycles. The first-order chi connectivity index (χ1) is 19.5. The van der Waals surface area contributed by atoms with Crippen LogP contribution >= 0.6 is 11.6 Å². The van der Waals surface area contributed by atoms with E-state index in [1.54, 1.807) is 12.1 Å². The van der Waals surface area contributed by atoms with Crippen LogP contribution in [0.1, 0.15) is 37.4 Å². The zero-order chi connectivity index (χ0) is 27.9. The fourth-order valence-corrected chi connectivity index (χ4v) is 6.39. The van der Waals surface area contributed by atoms with E-state index in [1.165, 1.54) is 22.3 Å². The lowest BCUT2D eigenvalue weighted by molar-refractivity contribution is 0.0481. The molecule has 0 saturated carbocycles. The van der Waals surface area contributed by atoms with Gasteiger partial charge in [0, 0.05) is 76.0 Å². The number of halogens is 2. The first-order valence-corrected chi connectivity index (χ1v) is 15.4. The predicted molar refractivity (Wildman–Crippen MR) is 166 cm³/mol. The van der Waals surface area contributed by atoms with Crippen LogP contribution in [0.4, 0.5) is 4.39 Å². The van der Waals surface area contributed by atoms with Gasteiger partial charge in [-0.25, -0.2) is 4.39 Å². The Morgan fingerprint density at radius 3 is 2.02 bits per heavy atom. The van der Waals surface area contributed by atoms with Gasteiger partial charge in [0.15, 0.2) is 0 Å². The van der Waals surface area contributed by atoms with Gasteiger partial charge in [0.25, 0.3) is 0 Å². The van der Waals surface area contributed by atoms with Crippen LogP contribution in [-0.4, -0.2) is 91.1 Å². The average molecular weight is 563 g/mol. The molecule has 3 aromatic rings. The zero-order valence-electron chi connectivity index (χ0n) is 24.1. The molecular formula is C34H44ClFN4. The van der Waals surface area contributed by atoms with Crippen LogP contribution in [0.5, 0.6) is 0 Å². The molecule has 0 N–H and O–H groups in total. The van der Waals surface area contributed by atoms with Crippen LogP contribution in [-0.2, 0) is 6.42 Å². The topological polar surface area (TPSA) is 13.0 Å². The molecule has 2 heterocycles. The average Bonchev–Trinajstić information content (AvgIpc) is 2.98. The fourth-order valence-electron chi connectivity index (χ4n) is 6.26. The Kier molecular flexibility index (Phi) is 10.3. The second-order valence-electron chi connectivity index (χ2n) is 11.6. The molecule has 1 unspecified atom stereocenters. The molecule has 0 spiro atoms. The van der Waals surface area contributed by atoms with E-state index < -0.39 is 0 Å². The maximum atomic E-state index is 13.7. The normalized spacial score (nSPS) is 18.8. The lowest BCUT2D eigenvalue weighted by atomic mass is 9.96. The van der Waals surface area contributed by atoms with Crippen molar-refractivity contribution in [3.63, 3.8) is 0 Å². The monoisotopic (exact) mass is 562 g/mol. The van der Waals surface area contributed by atoms with Crippen molar-refractivity contribution in [2.45, 2.75) is 38.8 Å². The van der Waals surface area contributed by atoms with Crippen LogP contribution in [0.25, 0.3) is 11.1 Å². The lowest BCUT2D eigenvalue weighted by Crippen LogP contribution is -2.53. The third-order valence-corrected chi connectivity index (χ3v) is 9.02. The van der Waals surface area contributed by atoms with E-state index >= 15 is 0 Å². The summed E-state index contributed by atoms with van der Waals surface area (Å²) in [5.74, 6) is -0.156. The second kappa shape index (κ2) is 14.1. The third kappa shape index (κ3) is 7.71. The number of hydrogen-bond acceptors (Lipinski definition) is 4. The molecule has 0 bridgehead atoms. The van der Waals surface area contributed by atoms with Gasteiger partial charge >= 0.3 is 0 Å². The summed E-state index contributed by atoms with van der Waals surface area (Å²) in [4.78, 5) is 10.4. The molecule has 2 aliphatic heterocycles. The summed E-state index contributed by atoms with van der Waals surface area (Å²) >= 11 is 6.11. The van der Waals surface area contributed by atoms with Crippen molar-refractivity contribution in [3.05, 3.63) is 94.8 Å². The highest BCUT2D eigenvalue weighted by atomic mass is 35.5. The predicted octanol–water partition coefficient (Wildman–Crippen LogP) is 6.46. The molecule has 5 rings (SSSR count). The fraction of sp³-hybridized carbons (Fsp3) is 0.471. The van der Waals surface area contributed by atoms with Crippen molar-refractivity contribution in [1.29, 1.82) is 0 Å². The number of aryl methyl sites for hydroxylation is 1. The smallest absolute Gasteiger partial charge is 0.123 e. The van der Waals surface area contributed by atoms with Gasteiger partial charge in [0.05, 0.1) is 0 Å². The Morgan fingerprint density at radius 2 is 1.35 bits per heavy atom. The van der Waals surface area contributed by atoms with Gasteiger partial charge in [-0.2, -0.15) is 0 Å². The van der Waals surface area contributed by atoms with E-state index in [9.17, 15) is 4.39 Å². The molecule has 0 radical (unpaired) electrons. The molecular weight excluding hydrogens is 519 g/mol. The molecule has 6 heteroatoms. The molecule has 2 saturated heterocycles. The van der Waals surface area contributed by atoms with Crippen molar-refractivity contribution in [3.8, 4) is 11.1 Å². The molecule has 0 aliphatic carbocycles. The van der Waals surface area contributed by atoms with Crippen LogP contribution in [0.3, 0.4) is 0 Å². The van der Waals surface area contributed by atoms with Gasteiger partial charge in [-0.1, -0.05) is 60.1 Å². The Balaban J connectivity index is 1.13. The van der Waals surface area contributed by atoms with Gasteiger partial charge in [0.1, 0.15) is 5.82 Å². The SMILES string of the molecule is CC(C)N1CCN(C(CN2CCN(CCCc3ccccc3-c3ccc(Cl)cc3)CC2)c2ccc(F)cc2)CC1. The number of nitrogens with zero attached hydrogens (tertiary/aromatic N) is 4. The van der Waals surface area contributed by atoms with Crippen molar-refractivity contribution >= 4 is 11.6 Å². The van der Waals surface area contributed by atoms with E-state index in [4.69, 9.17) is 11.6 Å². The highest BCUT2D eigenvalue weighted by molar-refractivity contribution is 6.30. The van der Waals surface area contributed by atoms with Gasteiger partial charge in [-0.15, -0.1) is 0 Å². The maximum absolute atomic E-state index is 13.7. The quantitative estimate of drug-likeness (QED) is 0.281. The second-order valence-corrected chi connectivity index (χ2v) is 12.1. The van der Waals surface area contributed by atoms with E-state index in [-0.39, 0.29) is 5.82 Å². The molecule has 214 valence electrons. The van der Waals surface area contributed by atoms with Crippen LogP contribution in [0.15, 0.2) is 72.8 Å². The van der Waals surface area contributed by atoms with Crippen molar-refractivity contribution in [2.75, 3.05) is 65.4 Å². The van der Waals surface area contributed by atoms with E-state index in [0.717, 1.165) is 83.3 Å². The number of piperazine rings is 2. The number of hydrogen-bond donors (Lipinski definition) is 0. The minimum Gasteiger partial charge on any atom is -0.301 e. The van der Waals surface area contributed by atoms with Gasteiger partial charge < -0.3 is 4.90 Å². The van der Waals surface area contributed by atoms with Crippen molar-refractivity contribution < 1.29 is 4.39 Å². The highest BCUT2D eigenvalue weighted by Crippen LogP contribution is 2.27. The Hall–Kier alpha value is -2.28. The molecule has 1 atom stereocenters. The molecule has 4 nitrogen and oxygen atoms in total. The summed E-state index contributed by atoms with van der Waals surface area (Å²) in [6, 6.07) is 25.0. The summed E-state index contributed by atoms with van der Waals surface area (Å²) < 4.78 is 13.7. The number of benzene rings is 3. The maximum Gasteiger partial charge on any atom is 0.123 e. The van der Waals surface area contributed by atoms with Gasteiger partial charge in [-0.05, 0) is 79.8 Å².